The van der Waals surface area contributed by atoms with E-state index in [2.05, 4.69) is 41.2 Å². The molecule has 1 aliphatic carbocycles. The van der Waals surface area contributed by atoms with Crippen LogP contribution in [0.4, 0.5) is 10.5 Å². The first-order valence-corrected chi connectivity index (χ1v) is 10.4. The summed E-state index contributed by atoms with van der Waals surface area (Å²) in [5.41, 5.74) is 4.27. The van der Waals surface area contributed by atoms with Crippen LogP contribution < -0.4 is 5.32 Å². The van der Waals surface area contributed by atoms with Crippen LogP contribution in [0.25, 0.3) is 0 Å². The Hall–Kier alpha value is -1.59. The molecule has 2 fully saturated rings. The quantitative estimate of drug-likeness (QED) is 0.867. The fourth-order valence-electron chi connectivity index (χ4n) is 4.55. The monoisotopic (exact) mass is 373 g/mol. The number of likely N-dealkylation sites (N-methyl/N-ethyl adjacent to an activating group) is 1. The Morgan fingerprint density at radius 1 is 1.07 bits per heavy atom. The summed E-state index contributed by atoms with van der Waals surface area (Å²) in [7, 11) is 2.18. The van der Waals surface area contributed by atoms with Gasteiger partial charge in [0.2, 0.25) is 0 Å². The highest BCUT2D eigenvalue weighted by Crippen LogP contribution is 2.29. The predicted octanol–water partition coefficient (Wildman–Crippen LogP) is 3.97. The third-order valence-electron chi connectivity index (χ3n) is 6.09. The number of anilines is 1. The zero-order valence-corrected chi connectivity index (χ0v) is 17.4. The molecule has 1 N–H and O–H groups in total. The first-order chi connectivity index (χ1) is 12.9. The second-order valence-corrected chi connectivity index (χ2v) is 8.49. The number of aryl methyl sites for hydroxylation is 3. The Kier molecular flexibility index (Phi) is 6.77. The van der Waals surface area contributed by atoms with Gasteiger partial charge in [0.15, 0.2) is 0 Å². The van der Waals surface area contributed by atoms with E-state index in [1.54, 1.807) is 0 Å². The van der Waals surface area contributed by atoms with Gasteiger partial charge in [-0.3, -0.25) is 5.32 Å². The molecule has 1 saturated carbocycles. The molecule has 1 saturated heterocycles. The summed E-state index contributed by atoms with van der Waals surface area (Å²) in [6.07, 6.45) is 4.27. The predicted molar refractivity (Wildman–Crippen MR) is 110 cm³/mol. The molecule has 5 heteroatoms. The van der Waals surface area contributed by atoms with Crippen molar-refractivity contribution in [2.24, 2.45) is 5.92 Å². The Balaban J connectivity index is 1.58. The summed E-state index contributed by atoms with van der Waals surface area (Å²) >= 11 is 0. The van der Waals surface area contributed by atoms with E-state index in [1.165, 1.54) is 12.0 Å². The van der Waals surface area contributed by atoms with Crippen LogP contribution in [0.3, 0.4) is 0 Å². The maximum atomic E-state index is 12.6. The Bertz CT molecular complexity index is 630. The van der Waals surface area contributed by atoms with Crippen molar-refractivity contribution in [2.45, 2.75) is 52.6 Å². The summed E-state index contributed by atoms with van der Waals surface area (Å²) < 4.78 is 5.92. The molecule has 2 atom stereocenters. The van der Waals surface area contributed by atoms with Gasteiger partial charge in [-0.05, 0) is 58.2 Å². The molecule has 5 nitrogen and oxygen atoms in total. The second-order valence-electron chi connectivity index (χ2n) is 8.49. The van der Waals surface area contributed by atoms with E-state index in [9.17, 15) is 4.79 Å². The first-order valence-electron chi connectivity index (χ1n) is 10.4. The number of benzene rings is 1. The van der Waals surface area contributed by atoms with Gasteiger partial charge in [-0.15, -0.1) is 0 Å². The van der Waals surface area contributed by atoms with Crippen LogP contribution in [0, 0.1) is 26.7 Å². The van der Waals surface area contributed by atoms with Crippen LogP contribution in [-0.4, -0.2) is 61.8 Å². The van der Waals surface area contributed by atoms with Crippen LogP contribution in [0.1, 0.15) is 42.4 Å². The van der Waals surface area contributed by atoms with Crippen LogP contribution >= 0.6 is 0 Å². The normalized spacial score (nSPS) is 24.6. The number of ether oxygens (including phenoxy) is 1. The lowest BCUT2D eigenvalue weighted by molar-refractivity contribution is 0.0222. The molecule has 1 aromatic rings. The van der Waals surface area contributed by atoms with Crippen molar-refractivity contribution in [3.8, 4) is 0 Å². The van der Waals surface area contributed by atoms with Crippen LogP contribution in [0.15, 0.2) is 12.1 Å². The Labute approximate surface area is 164 Å². The van der Waals surface area contributed by atoms with E-state index in [1.807, 2.05) is 13.8 Å². The van der Waals surface area contributed by atoms with E-state index in [0.717, 1.165) is 68.8 Å². The highest BCUT2D eigenvalue weighted by molar-refractivity contribution is 5.87. The lowest BCUT2D eigenvalue weighted by Gasteiger charge is -2.38. The number of nitrogens with zero attached hydrogens (tertiary/aromatic N) is 2. The molecule has 27 heavy (non-hydrogen) atoms. The minimum Gasteiger partial charge on any atom is -0.446 e. The van der Waals surface area contributed by atoms with Gasteiger partial charge in [0.05, 0.1) is 0 Å². The highest BCUT2D eigenvalue weighted by atomic mass is 16.6. The van der Waals surface area contributed by atoms with Gasteiger partial charge in [-0.2, -0.15) is 0 Å². The number of rotatable bonds is 4. The summed E-state index contributed by atoms with van der Waals surface area (Å²) in [5, 5.41) is 3.00. The standard InChI is InChI=1S/C22H35N3O2/c1-16-13-17(2)21(18(3)14-16)23-22(26)27-20-8-6-5-7-19(20)15-25-11-9-24(4)10-12-25/h13-14,19-20H,5-12,15H2,1-4H3,(H,23,26)/t19-,20+/m0/s1. The van der Waals surface area contributed by atoms with E-state index in [-0.39, 0.29) is 12.2 Å². The number of piperazine rings is 1. The summed E-state index contributed by atoms with van der Waals surface area (Å²) in [6, 6.07) is 4.19. The molecule has 1 heterocycles. The smallest absolute Gasteiger partial charge is 0.411 e. The van der Waals surface area contributed by atoms with Crippen LogP contribution in [0.2, 0.25) is 0 Å². The lowest BCUT2D eigenvalue weighted by atomic mass is 9.86. The average Bonchev–Trinajstić information content (AvgIpc) is 2.62. The minimum absolute atomic E-state index is 0.0319. The van der Waals surface area contributed by atoms with Crippen molar-refractivity contribution < 1.29 is 9.53 Å². The molecule has 2 aliphatic rings. The zero-order chi connectivity index (χ0) is 19.4. The molecule has 3 rings (SSSR count). The second kappa shape index (κ2) is 9.07. The number of carbonyl (C=O) groups excluding carboxylic acids is 1. The topological polar surface area (TPSA) is 44.8 Å². The first kappa shape index (κ1) is 20.2. The summed E-state index contributed by atoms with van der Waals surface area (Å²) in [6.45, 7) is 11.7. The number of hydrogen-bond acceptors (Lipinski definition) is 4. The Morgan fingerprint density at radius 3 is 2.37 bits per heavy atom. The lowest BCUT2D eigenvalue weighted by Crippen LogP contribution is -2.48. The van der Waals surface area contributed by atoms with Crippen molar-refractivity contribution in [3.63, 3.8) is 0 Å². The van der Waals surface area contributed by atoms with Gasteiger partial charge in [0.25, 0.3) is 0 Å². The van der Waals surface area contributed by atoms with E-state index in [0.29, 0.717) is 5.92 Å². The van der Waals surface area contributed by atoms with Crippen molar-refractivity contribution in [2.75, 3.05) is 45.1 Å². The number of carbonyl (C=O) groups is 1. The van der Waals surface area contributed by atoms with E-state index < -0.39 is 0 Å². The molecule has 0 radical (unpaired) electrons. The van der Waals surface area contributed by atoms with Gasteiger partial charge in [-0.1, -0.05) is 24.1 Å². The van der Waals surface area contributed by atoms with Crippen molar-refractivity contribution in [1.82, 2.24) is 9.80 Å². The van der Waals surface area contributed by atoms with Gasteiger partial charge >= 0.3 is 6.09 Å². The summed E-state index contributed by atoms with van der Waals surface area (Å²) in [5.74, 6) is 0.452. The van der Waals surface area contributed by atoms with Crippen LogP contribution in [-0.2, 0) is 4.74 Å². The molecule has 0 unspecified atom stereocenters. The van der Waals surface area contributed by atoms with Crippen molar-refractivity contribution >= 4 is 11.8 Å². The molecule has 0 bridgehead atoms. The zero-order valence-electron chi connectivity index (χ0n) is 17.4. The molecule has 0 aromatic heterocycles. The van der Waals surface area contributed by atoms with E-state index >= 15 is 0 Å². The molecule has 1 aromatic carbocycles. The van der Waals surface area contributed by atoms with Gasteiger partial charge < -0.3 is 14.5 Å². The molecule has 1 aliphatic heterocycles. The minimum atomic E-state index is -0.305. The number of nitrogens with one attached hydrogen (secondary N) is 1. The molecular weight excluding hydrogens is 338 g/mol. The largest absolute Gasteiger partial charge is 0.446 e. The van der Waals surface area contributed by atoms with Crippen molar-refractivity contribution in [1.29, 1.82) is 0 Å². The highest BCUT2D eigenvalue weighted by Gasteiger charge is 2.30. The molecular formula is C22H35N3O2. The van der Waals surface area contributed by atoms with E-state index in [4.69, 9.17) is 4.74 Å². The molecule has 1 amide bonds. The fraction of sp³-hybridized carbons (Fsp3) is 0.682. The average molecular weight is 374 g/mol. The molecule has 150 valence electrons. The third kappa shape index (κ3) is 5.45. The maximum absolute atomic E-state index is 12.6. The third-order valence-corrected chi connectivity index (χ3v) is 6.09. The van der Waals surface area contributed by atoms with Gasteiger partial charge in [-0.25, -0.2) is 4.79 Å². The summed E-state index contributed by atoms with van der Waals surface area (Å²) in [4.78, 5) is 17.5. The van der Waals surface area contributed by atoms with Crippen molar-refractivity contribution in [3.05, 3.63) is 28.8 Å². The maximum Gasteiger partial charge on any atom is 0.411 e. The molecule has 0 spiro atoms. The Morgan fingerprint density at radius 2 is 1.70 bits per heavy atom. The van der Waals surface area contributed by atoms with Gasteiger partial charge in [0.1, 0.15) is 6.10 Å². The number of amides is 1. The van der Waals surface area contributed by atoms with Crippen LogP contribution in [0.5, 0.6) is 0 Å². The number of hydrogen-bond donors (Lipinski definition) is 1. The fourth-order valence-corrected chi connectivity index (χ4v) is 4.55. The van der Waals surface area contributed by atoms with Gasteiger partial charge in [0, 0.05) is 44.3 Å². The SMILES string of the molecule is Cc1cc(C)c(NC(=O)O[C@@H]2CCCC[C@H]2CN2CCN(C)CC2)c(C)c1.